The van der Waals surface area contributed by atoms with Crippen molar-refractivity contribution in [3.05, 3.63) is 40.2 Å². The van der Waals surface area contributed by atoms with Crippen LogP contribution in [0, 0.1) is 6.92 Å². The van der Waals surface area contributed by atoms with E-state index in [1.54, 1.807) is 11.3 Å². The van der Waals surface area contributed by atoms with Gasteiger partial charge in [-0.3, -0.25) is 9.89 Å². The average Bonchev–Trinajstić information content (AvgIpc) is 3.19. The second-order valence-electron chi connectivity index (χ2n) is 4.35. The van der Waals surface area contributed by atoms with Crippen molar-refractivity contribution in [2.45, 2.75) is 13.3 Å². The van der Waals surface area contributed by atoms with Crippen molar-refractivity contribution in [3.8, 4) is 9.88 Å². The molecule has 108 valence electrons. The van der Waals surface area contributed by atoms with E-state index in [4.69, 9.17) is 0 Å². The summed E-state index contributed by atoms with van der Waals surface area (Å²) in [4.78, 5) is 22.4. The third-order valence-electron chi connectivity index (χ3n) is 2.85. The summed E-state index contributed by atoms with van der Waals surface area (Å²) < 4.78 is 0. The molecule has 3 aromatic rings. The minimum Gasteiger partial charge on any atom is -0.351 e. The van der Waals surface area contributed by atoms with Crippen molar-refractivity contribution in [3.63, 3.8) is 0 Å². The fraction of sp³-hybridized carbons (Fsp3) is 0.231. The van der Waals surface area contributed by atoms with Gasteiger partial charge < -0.3 is 5.32 Å². The molecule has 0 aromatic carbocycles. The molecule has 0 fully saturated rings. The van der Waals surface area contributed by atoms with Crippen LogP contribution in [0.25, 0.3) is 9.88 Å². The van der Waals surface area contributed by atoms with Crippen LogP contribution < -0.4 is 5.32 Å². The Kier molecular flexibility index (Phi) is 4.07. The smallest absolute Gasteiger partial charge is 0.263 e. The SMILES string of the molecule is Cc1nc(-c2cccs2)sc1C(=O)NCCc1ncn[nH]1. The Bertz CT molecular complexity index is 718. The van der Waals surface area contributed by atoms with Crippen molar-refractivity contribution < 1.29 is 4.79 Å². The molecule has 3 aromatic heterocycles. The molecule has 0 radical (unpaired) electrons. The second-order valence-corrected chi connectivity index (χ2v) is 6.30. The van der Waals surface area contributed by atoms with Gasteiger partial charge in [0.2, 0.25) is 0 Å². The summed E-state index contributed by atoms with van der Waals surface area (Å²) in [5, 5.41) is 12.3. The maximum Gasteiger partial charge on any atom is 0.263 e. The lowest BCUT2D eigenvalue weighted by atomic mass is 10.3. The van der Waals surface area contributed by atoms with Crippen molar-refractivity contribution >= 4 is 28.6 Å². The molecule has 0 aliphatic heterocycles. The highest BCUT2D eigenvalue weighted by atomic mass is 32.1. The number of hydrogen-bond acceptors (Lipinski definition) is 6. The van der Waals surface area contributed by atoms with E-state index in [1.165, 1.54) is 17.7 Å². The van der Waals surface area contributed by atoms with E-state index in [2.05, 4.69) is 25.5 Å². The van der Waals surface area contributed by atoms with E-state index in [-0.39, 0.29) is 5.91 Å². The van der Waals surface area contributed by atoms with Crippen LogP contribution in [0.4, 0.5) is 0 Å². The summed E-state index contributed by atoms with van der Waals surface area (Å²) in [6, 6.07) is 3.99. The zero-order valence-electron chi connectivity index (χ0n) is 11.3. The van der Waals surface area contributed by atoms with Gasteiger partial charge in [-0.05, 0) is 18.4 Å². The van der Waals surface area contributed by atoms with E-state index < -0.39 is 0 Å². The number of nitrogens with zero attached hydrogens (tertiary/aromatic N) is 3. The van der Waals surface area contributed by atoms with Gasteiger partial charge in [0, 0.05) is 13.0 Å². The molecule has 0 atom stereocenters. The first-order chi connectivity index (χ1) is 10.2. The first-order valence-electron chi connectivity index (χ1n) is 6.38. The van der Waals surface area contributed by atoms with Gasteiger partial charge in [0.05, 0.1) is 10.6 Å². The summed E-state index contributed by atoms with van der Waals surface area (Å²) in [5.74, 6) is 0.669. The Labute approximate surface area is 129 Å². The molecule has 0 unspecified atom stereocenters. The fourth-order valence-corrected chi connectivity index (χ4v) is 3.62. The van der Waals surface area contributed by atoms with Gasteiger partial charge in [-0.15, -0.1) is 22.7 Å². The van der Waals surface area contributed by atoms with Gasteiger partial charge in [0.1, 0.15) is 22.0 Å². The van der Waals surface area contributed by atoms with Gasteiger partial charge in [0.25, 0.3) is 5.91 Å². The first-order valence-corrected chi connectivity index (χ1v) is 8.07. The van der Waals surface area contributed by atoms with Crippen molar-refractivity contribution in [1.82, 2.24) is 25.5 Å². The normalized spacial score (nSPS) is 10.7. The largest absolute Gasteiger partial charge is 0.351 e. The van der Waals surface area contributed by atoms with Crippen LogP contribution >= 0.6 is 22.7 Å². The third kappa shape index (κ3) is 3.17. The van der Waals surface area contributed by atoms with E-state index in [0.29, 0.717) is 17.8 Å². The lowest BCUT2D eigenvalue weighted by Crippen LogP contribution is -2.25. The second kappa shape index (κ2) is 6.15. The van der Waals surface area contributed by atoms with Crippen LogP contribution in [0.1, 0.15) is 21.2 Å². The molecule has 0 spiro atoms. The van der Waals surface area contributed by atoms with Gasteiger partial charge in [0.15, 0.2) is 0 Å². The Balaban J connectivity index is 1.64. The van der Waals surface area contributed by atoms with Crippen LogP contribution in [-0.2, 0) is 6.42 Å². The van der Waals surface area contributed by atoms with Crippen LogP contribution in [0.3, 0.4) is 0 Å². The molecule has 0 saturated heterocycles. The molecule has 0 aliphatic rings. The van der Waals surface area contributed by atoms with E-state index in [9.17, 15) is 4.79 Å². The number of aryl methyl sites for hydroxylation is 1. The highest BCUT2D eigenvalue weighted by molar-refractivity contribution is 7.22. The molecule has 0 saturated carbocycles. The summed E-state index contributed by atoms with van der Waals surface area (Å²) in [6.07, 6.45) is 2.08. The molecule has 1 amide bonds. The number of carbonyl (C=O) groups excluding carboxylic acids is 1. The number of nitrogens with one attached hydrogen (secondary N) is 2. The summed E-state index contributed by atoms with van der Waals surface area (Å²) in [5.41, 5.74) is 0.764. The quantitative estimate of drug-likeness (QED) is 0.755. The number of H-pyrrole nitrogens is 1. The number of hydrogen-bond donors (Lipinski definition) is 2. The van der Waals surface area contributed by atoms with Gasteiger partial charge in [-0.25, -0.2) is 9.97 Å². The van der Waals surface area contributed by atoms with Gasteiger partial charge in [-0.1, -0.05) is 6.07 Å². The Hall–Kier alpha value is -2.06. The minimum absolute atomic E-state index is 0.0904. The molecule has 2 N–H and O–H groups in total. The predicted octanol–water partition coefficient (Wildman–Crippen LogP) is 2.27. The standard InChI is InChI=1S/C13H13N5OS2/c1-8-11(21-13(17-8)9-3-2-6-20-9)12(19)14-5-4-10-15-7-16-18-10/h2-3,6-7H,4-5H2,1H3,(H,14,19)(H,15,16,18). The molecule has 3 heterocycles. The topological polar surface area (TPSA) is 83.6 Å². The number of carbonyl (C=O) groups is 1. The lowest BCUT2D eigenvalue weighted by molar-refractivity contribution is 0.0957. The Morgan fingerprint density at radius 2 is 2.38 bits per heavy atom. The Morgan fingerprint density at radius 3 is 3.10 bits per heavy atom. The molecule has 0 aliphatic carbocycles. The molecule has 6 nitrogen and oxygen atoms in total. The molecular weight excluding hydrogens is 306 g/mol. The first kappa shape index (κ1) is 13.9. The number of thiazole rings is 1. The number of rotatable bonds is 5. The van der Waals surface area contributed by atoms with E-state index in [0.717, 1.165) is 21.4 Å². The lowest BCUT2D eigenvalue weighted by Gasteiger charge is -2.01. The molecule has 21 heavy (non-hydrogen) atoms. The third-order valence-corrected chi connectivity index (χ3v) is 5.04. The van der Waals surface area contributed by atoms with Crippen molar-refractivity contribution in [1.29, 1.82) is 0 Å². The number of aromatic nitrogens is 4. The highest BCUT2D eigenvalue weighted by Crippen LogP contribution is 2.30. The van der Waals surface area contributed by atoms with Crippen molar-refractivity contribution in [2.24, 2.45) is 0 Å². The van der Waals surface area contributed by atoms with Crippen molar-refractivity contribution in [2.75, 3.05) is 6.54 Å². The zero-order chi connectivity index (χ0) is 14.7. The fourth-order valence-electron chi connectivity index (χ4n) is 1.84. The molecule has 0 bridgehead atoms. The van der Waals surface area contributed by atoms with E-state index >= 15 is 0 Å². The number of amides is 1. The molecular formula is C13H13N5OS2. The minimum atomic E-state index is -0.0904. The molecule has 3 rings (SSSR count). The number of aromatic amines is 1. The maximum absolute atomic E-state index is 12.2. The summed E-state index contributed by atoms with van der Waals surface area (Å²) in [6.45, 7) is 2.37. The van der Waals surface area contributed by atoms with Crippen LogP contribution in [0.15, 0.2) is 23.8 Å². The number of thiophene rings is 1. The van der Waals surface area contributed by atoms with Crippen LogP contribution in [-0.4, -0.2) is 32.6 Å². The summed E-state index contributed by atoms with van der Waals surface area (Å²) in [7, 11) is 0. The highest BCUT2D eigenvalue weighted by Gasteiger charge is 2.16. The zero-order valence-corrected chi connectivity index (χ0v) is 12.9. The monoisotopic (exact) mass is 319 g/mol. The predicted molar refractivity (Wildman–Crippen MR) is 82.6 cm³/mol. The van der Waals surface area contributed by atoms with E-state index in [1.807, 2.05) is 24.4 Å². The maximum atomic E-state index is 12.2. The molecule has 8 heteroatoms. The Morgan fingerprint density at radius 1 is 1.48 bits per heavy atom. The summed E-state index contributed by atoms with van der Waals surface area (Å²) >= 11 is 3.05. The van der Waals surface area contributed by atoms with Gasteiger partial charge >= 0.3 is 0 Å². The van der Waals surface area contributed by atoms with Crippen LogP contribution in [0.5, 0.6) is 0 Å². The average molecular weight is 319 g/mol. The van der Waals surface area contributed by atoms with Gasteiger partial charge in [-0.2, -0.15) is 5.10 Å². The van der Waals surface area contributed by atoms with Crippen LogP contribution in [0.2, 0.25) is 0 Å².